The molecular weight excluding hydrogens is 435 g/mol. The van der Waals surface area contributed by atoms with Gasteiger partial charge in [0.2, 0.25) is 17.2 Å². The number of ether oxygens (including phenoxy) is 1. The van der Waals surface area contributed by atoms with Gasteiger partial charge in [-0.05, 0) is 54.7 Å². The van der Waals surface area contributed by atoms with Crippen LogP contribution in [0.2, 0.25) is 0 Å². The number of nitro groups is 1. The number of thiocarbonyl (C=S) groups is 1. The lowest BCUT2D eigenvalue weighted by Gasteiger charge is -2.32. The van der Waals surface area contributed by atoms with Crippen LogP contribution in [0.25, 0.3) is 0 Å². The Balaban J connectivity index is 1.59. The van der Waals surface area contributed by atoms with Gasteiger partial charge in [0.05, 0.1) is 23.4 Å². The zero-order valence-electron chi connectivity index (χ0n) is 17.0. The molecule has 164 valence electrons. The highest BCUT2D eigenvalue weighted by Gasteiger charge is 2.28. The van der Waals surface area contributed by atoms with E-state index in [-0.39, 0.29) is 16.6 Å². The molecule has 1 atom stereocenters. The van der Waals surface area contributed by atoms with Crippen molar-refractivity contribution in [2.24, 2.45) is 0 Å². The molecule has 0 bridgehead atoms. The minimum absolute atomic E-state index is 0.0897. The van der Waals surface area contributed by atoms with E-state index >= 15 is 0 Å². The van der Waals surface area contributed by atoms with Crippen LogP contribution >= 0.6 is 12.2 Å². The third-order valence-corrected chi connectivity index (χ3v) is 5.25. The maximum absolute atomic E-state index is 14.3. The van der Waals surface area contributed by atoms with Gasteiger partial charge in [-0.25, -0.2) is 9.37 Å². The lowest BCUT2D eigenvalue weighted by Crippen LogP contribution is -2.45. The molecule has 32 heavy (non-hydrogen) atoms. The number of alkyl halides is 1. The van der Waals surface area contributed by atoms with E-state index in [1.165, 1.54) is 11.0 Å². The molecule has 9 nitrogen and oxygen atoms in total. The minimum atomic E-state index is -1.50. The van der Waals surface area contributed by atoms with Crippen molar-refractivity contribution in [3.8, 4) is 0 Å². The summed E-state index contributed by atoms with van der Waals surface area (Å²) in [5.41, 5.74) is 1.81. The second-order valence-electron chi connectivity index (χ2n) is 6.93. The number of morpholine rings is 1. The van der Waals surface area contributed by atoms with E-state index in [2.05, 4.69) is 15.3 Å². The van der Waals surface area contributed by atoms with Crippen molar-refractivity contribution in [1.82, 2.24) is 9.97 Å². The van der Waals surface area contributed by atoms with Crippen LogP contribution in [0.3, 0.4) is 0 Å². The topological polar surface area (TPSA) is 96.7 Å². The minimum Gasteiger partial charge on any atom is -0.481 e. The Morgan fingerprint density at radius 3 is 2.75 bits per heavy atom. The number of nitrogens with zero attached hydrogens (tertiary/aromatic N) is 5. The van der Waals surface area contributed by atoms with Crippen LogP contribution in [0.1, 0.15) is 0 Å². The van der Waals surface area contributed by atoms with Crippen LogP contribution in [0.5, 0.6) is 0 Å². The largest absolute Gasteiger partial charge is 0.481 e. The van der Waals surface area contributed by atoms with Gasteiger partial charge in [0.25, 0.3) is 0 Å². The first-order valence-corrected chi connectivity index (χ1v) is 10.1. The lowest BCUT2D eigenvalue weighted by molar-refractivity contribution is -0.384. The number of hydrogen-bond acceptors (Lipinski definition) is 9. The summed E-state index contributed by atoms with van der Waals surface area (Å²) >= 11 is 4.89. The van der Waals surface area contributed by atoms with Gasteiger partial charge >= 0.3 is 5.69 Å². The van der Waals surface area contributed by atoms with Crippen molar-refractivity contribution >= 4 is 51.7 Å². The van der Waals surface area contributed by atoms with Gasteiger partial charge in [-0.2, -0.15) is 0 Å². The van der Waals surface area contributed by atoms with Gasteiger partial charge in [0.15, 0.2) is 0 Å². The molecule has 0 saturated carbocycles. The molecule has 1 aliphatic heterocycles. The predicted molar refractivity (Wildman–Crippen MR) is 124 cm³/mol. The second-order valence-corrected chi connectivity index (χ2v) is 7.34. The van der Waals surface area contributed by atoms with E-state index in [0.29, 0.717) is 30.3 Å². The molecule has 1 aliphatic rings. The van der Waals surface area contributed by atoms with Gasteiger partial charge in [-0.1, -0.05) is 0 Å². The molecule has 0 radical (unpaired) electrons. The van der Waals surface area contributed by atoms with Crippen LogP contribution in [0.15, 0.2) is 60.9 Å². The summed E-state index contributed by atoms with van der Waals surface area (Å²) in [5.74, 6) is 0.594. The van der Waals surface area contributed by atoms with Crippen molar-refractivity contribution in [2.45, 2.75) is 6.30 Å². The second kappa shape index (κ2) is 9.10. The molecule has 1 saturated heterocycles. The number of hydrogen-bond donors (Lipinski definition) is 1. The Bertz CT molecular complexity index is 1130. The summed E-state index contributed by atoms with van der Waals surface area (Å²) in [6.45, 7) is 0.677. The smallest absolute Gasteiger partial charge is 0.311 e. The van der Waals surface area contributed by atoms with Gasteiger partial charge in [-0.3, -0.25) is 15.1 Å². The van der Waals surface area contributed by atoms with Crippen molar-refractivity contribution in [2.75, 3.05) is 35.3 Å². The van der Waals surface area contributed by atoms with E-state index in [0.717, 1.165) is 5.69 Å². The van der Waals surface area contributed by atoms with Gasteiger partial charge in [0, 0.05) is 30.7 Å². The fourth-order valence-electron chi connectivity index (χ4n) is 3.24. The van der Waals surface area contributed by atoms with E-state index < -0.39 is 11.2 Å². The third kappa shape index (κ3) is 4.42. The molecule has 0 spiro atoms. The first-order chi connectivity index (χ1) is 15.4. The number of pyridine rings is 2. The highest BCUT2D eigenvalue weighted by atomic mass is 32.1. The first kappa shape index (κ1) is 21.4. The lowest BCUT2D eigenvalue weighted by atomic mass is 10.2. The summed E-state index contributed by atoms with van der Waals surface area (Å²) in [5, 5.41) is 14.4. The Morgan fingerprint density at radius 2 is 2.06 bits per heavy atom. The maximum Gasteiger partial charge on any atom is 0.311 e. The number of aromatic nitrogens is 2. The molecule has 1 aromatic carbocycles. The molecule has 2 aromatic heterocycles. The zero-order chi connectivity index (χ0) is 22.7. The van der Waals surface area contributed by atoms with E-state index in [1.807, 2.05) is 6.07 Å². The average molecular weight is 454 g/mol. The number of anilines is 5. The Labute approximate surface area is 188 Å². The monoisotopic (exact) mass is 454 g/mol. The summed E-state index contributed by atoms with van der Waals surface area (Å²) in [6, 6.07) is 13.4. The summed E-state index contributed by atoms with van der Waals surface area (Å²) in [6.07, 6.45) is 1.83. The van der Waals surface area contributed by atoms with Gasteiger partial charge < -0.3 is 19.9 Å². The SMILES string of the molecule is CN(c1cccnc1)c1ccc([N+](=O)[O-])c(Nc2ccc(N3CCOC(=S)C3F)cc2)n1. The predicted octanol–water partition coefficient (Wildman–Crippen LogP) is 4.36. The van der Waals surface area contributed by atoms with Crippen LogP contribution in [-0.2, 0) is 4.74 Å². The quantitative estimate of drug-likeness (QED) is 0.252. The molecule has 1 fully saturated rings. The molecule has 3 aromatic rings. The molecule has 4 rings (SSSR count). The average Bonchev–Trinajstić information content (AvgIpc) is 2.81. The fourth-order valence-corrected chi connectivity index (χ4v) is 3.45. The van der Waals surface area contributed by atoms with Crippen LogP contribution in [0.4, 0.5) is 38.8 Å². The molecule has 11 heteroatoms. The molecule has 0 amide bonds. The van der Waals surface area contributed by atoms with E-state index in [4.69, 9.17) is 17.0 Å². The zero-order valence-corrected chi connectivity index (χ0v) is 17.8. The molecule has 3 heterocycles. The van der Waals surface area contributed by atoms with Gasteiger partial charge in [0.1, 0.15) is 12.4 Å². The third-order valence-electron chi connectivity index (χ3n) is 4.94. The highest BCUT2D eigenvalue weighted by Crippen LogP contribution is 2.31. The Hall–Kier alpha value is -3.86. The Kier molecular flexibility index (Phi) is 6.08. The van der Waals surface area contributed by atoms with E-state index in [9.17, 15) is 14.5 Å². The number of halogens is 1. The summed E-state index contributed by atoms with van der Waals surface area (Å²) < 4.78 is 19.4. The normalized spacial score (nSPS) is 15.8. The summed E-state index contributed by atoms with van der Waals surface area (Å²) in [7, 11) is 1.80. The number of benzene rings is 1. The number of rotatable bonds is 6. The van der Waals surface area contributed by atoms with Gasteiger partial charge in [-0.15, -0.1) is 0 Å². The van der Waals surface area contributed by atoms with Crippen LogP contribution in [-0.4, -0.2) is 46.4 Å². The van der Waals surface area contributed by atoms with E-state index in [1.54, 1.807) is 60.7 Å². The first-order valence-electron chi connectivity index (χ1n) is 9.67. The van der Waals surface area contributed by atoms with Crippen molar-refractivity contribution in [1.29, 1.82) is 0 Å². The van der Waals surface area contributed by atoms with Crippen LogP contribution < -0.4 is 15.1 Å². The number of nitrogens with one attached hydrogen (secondary N) is 1. The molecular formula is C21H19FN6O3S. The molecule has 1 unspecified atom stereocenters. The van der Waals surface area contributed by atoms with Crippen molar-refractivity contribution in [3.05, 3.63) is 71.0 Å². The molecule has 1 N–H and O–H groups in total. The van der Waals surface area contributed by atoms with Crippen LogP contribution in [0, 0.1) is 10.1 Å². The summed E-state index contributed by atoms with van der Waals surface area (Å²) in [4.78, 5) is 22.8. The molecule has 0 aliphatic carbocycles. The van der Waals surface area contributed by atoms with Crippen molar-refractivity contribution in [3.63, 3.8) is 0 Å². The standard InChI is InChI=1S/C21H19FN6O3S/c1-26(16-3-2-10-23-13-16)18-9-8-17(28(29)30)20(25-18)24-14-4-6-15(7-5-14)27-11-12-31-21(32)19(27)22/h2-10,13,19H,11-12H2,1H3,(H,24,25). The highest BCUT2D eigenvalue weighted by molar-refractivity contribution is 7.80. The Morgan fingerprint density at radius 1 is 1.28 bits per heavy atom. The van der Waals surface area contributed by atoms with Crippen molar-refractivity contribution < 1.29 is 14.1 Å². The maximum atomic E-state index is 14.3. The fraction of sp³-hybridized carbons (Fsp3) is 0.190.